The van der Waals surface area contributed by atoms with Crippen molar-refractivity contribution < 1.29 is 4.74 Å². The molecular weight excluding hydrogens is 222 g/mol. The zero-order valence-corrected chi connectivity index (χ0v) is 11.1. The van der Waals surface area contributed by atoms with Crippen LogP contribution in [0.4, 0.5) is 0 Å². The summed E-state index contributed by atoms with van der Waals surface area (Å²) >= 11 is 0. The topological polar surface area (TPSA) is 21.3 Å². The SMILES string of the molecule is CNC(c1ccc(OC)cc1)c1ccccc1C. The lowest BCUT2D eigenvalue weighted by atomic mass is 9.95. The minimum absolute atomic E-state index is 0.220. The van der Waals surface area contributed by atoms with Crippen molar-refractivity contribution in [2.45, 2.75) is 13.0 Å². The zero-order chi connectivity index (χ0) is 13.0. The molecule has 0 amide bonds. The van der Waals surface area contributed by atoms with Crippen LogP contribution in [0.5, 0.6) is 5.75 Å². The molecule has 0 aliphatic carbocycles. The minimum atomic E-state index is 0.220. The van der Waals surface area contributed by atoms with Gasteiger partial charge in [-0.3, -0.25) is 0 Å². The average Bonchev–Trinajstić information content (AvgIpc) is 2.42. The fourth-order valence-corrected chi connectivity index (χ4v) is 2.21. The second-order valence-electron chi connectivity index (χ2n) is 4.35. The van der Waals surface area contributed by atoms with E-state index < -0.39 is 0 Å². The van der Waals surface area contributed by atoms with Crippen LogP contribution < -0.4 is 10.1 Å². The molecule has 0 radical (unpaired) electrons. The minimum Gasteiger partial charge on any atom is -0.497 e. The van der Waals surface area contributed by atoms with Crippen molar-refractivity contribution in [2.75, 3.05) is 14.2 Å². The molecule has 2 aromatic carbocycles. The highest BCUT2D eigenvalue weighted by Crippen LogP contribution is 2.25. The highest BCUT2D eigenvalue weighted by molar-refractivity contribution is 5.38. The van der Waals surface area contributed by atoms with Gasteiger partial charge in [-0.05, 0) is 42.8 Å². The van der Waals surface area contributed by atoms with E-state index in [4.69, 9.17) is 4.74 Å². The predicted octanol–water partition coefficient (Wildman–Crippen LogP) is 3.31. The van der Waals surface area contributed by atoms with Crippen molar-refractivity contribution in [2.24, 2.45) is 0 Å². The third kappa shape index (κ3) is 2.54. The van der Waals surface area contributed by atoms with Crippen molar-refractivity contribution >= 4 is 0 Å². The first-order chi connectivity index (χ1) is 8.76. The van der Waals surface area contributed by atoms with Gasteiger partial charge in [0.05, 0.1) is 13.2 Å². The summed E-state index contributed by atoms with van der Waals surface area (Å²) in [7, 11) is 3.67. The van der Waals surface area contributed by atoms with Gasteiger partial charge >= 0.3 is 0 Å². The van der Waals surface area contributed by atoms with Gasteiger partial charge < -0.3 is 10.1 Å². The van der Waals surface area contributed by atoms with Crippen LogP contribution in [0.25, 0.3) is 0 Å². The first-order valence-corrected chi connectivity index (χ1v) is 6.13. The summed E-state index contributed by atoms with van der Waals surface area (Å²) in [5.74, 6) is 0.887. The Labute approximate surface area is 109 Å². The molecule has 0 saturated carbocycles. The fourth-order valence-electron chi connectivity index (χ4n) is 2.21. The largest absolute Gasteiger partial charge is 0.497 e. The number of nitrogens with one attached hydrogen (secondary N) is 1. The van der Waals surface area contributed by atoms with Crippen molar-refractivity contribution in [3.63, 3.8) is 0 Å². The van der Waals surface area contributed by atoms with Gasteiger partial charge in [0.1, 0.15) is 5.75 Å². The normalized spacial score (nSPS) is 12.2. The molecule has 0 aliphatic heterocycles. The average molecular weight is 241 g/mol. The van der Waals surface area contributed by atoms with E-state index in [1.165, 1.54) is 16.7 Å². The first kappa shape index (κ1) is 12.7. The second-order valence-corrected chi connectivity index (χ2v) is 4.35. The van der Waals surface area contributed by atoms with Gasteiger partial charge in [0, 0.05) is 0 Å². The van der Waals surface area contributed by atoms with Crippen LogP contribution in [0, 0.1) is 6.92 Å². The van der Waals surface area contributed by atoms with E-state index in [2.05, 4.69) is 48.6 Å². The summed E-state index contributed by atoms with van der Waals surface area (Å²) in [5, 5.41) is 3.37. The number of rotatable bonds is 4. The number of hydrogen-bond acceptors (Lipinski definition) is 2. The lowest BCUT2D eigenvalue weighted by Crippen LogP contribution is -2.18. The van der Waals surface area contributed by atoms with Crippen LogP contribution in [-0.2, 0) is 0 Å². The van der Waals surface area contributed by atoms with Gasteiger partial charge in [0.2, 0.25) is 0 Å². The molecular formula is C16H19NO. The van der Waals surface area contributed by atoms with Gasteiger partial charge in [-0.25, -0.2) is 0 Å². The molecule has 0 saturated heterocycles. The molecule has 0 aliphatic rings. The Morgan fingerprint density at radius 3 is 2.22 bits per heavy atom. The molecule has 0 spiro atoms. The first-order valence-electron chi connectivity index (χ1n) is 6.13. The van der Waals surface area contributed by atoms with E-state index in [1.54, 1.807) is 7.11 Å². The van der Waals surface area contributed by atoms with Crippen LogP contribution >= 0.6 is 0 Å². The van der Waals surface area contributed by atoms with Gasteiger partial charge in [0.25, 0.3) is 0 Å². The Hall–Kier alpha value is -1.80. The smallest absolute Gasteiger partial charge is 0.118 e. The number of ether oxygens (including phenoxy) is 1. The predicted molar refractivity (Wildman–Crippen MR) is 75.1 cm³/mol. The molecule has 18 heavy (non-hydrogen) atoms. The standard InChI is InChI=1S/C16H19NO/c1-12-6-4-5-7-15(12)16(17-2)13-8-10-14(18-3)11-9-13/h4-11,16-17H,1-3H3. The molecule has 0 aromatic heterocycles. The van der Waals surface area contributed by atoms with Crippen molar-refractivity contribution in [3.05, 3.63) is 65.2 Å². The van der Waals surface area contributed by atoms with Crippen molar-refractivity contribution in [1.29, 1.82) is 0 Å². The highest BCUT2D eigenvalue weighted by Gasteiger charge is 2.13. The van der Waals surface area contributed by atoms with Gasteiger partial charge in [-0.15, -0.1) is 0 Å². The van der Waals surface area contributed by atoms with Gasteiger partial charge in [-0.1, -0.05) is 36.4 Å². The summed E-state index contributed by atoms with van der Waals surface area (Å²) in [5.41, 5.74) is 3.85. The number of methoxy groups -OCH3 is 1. The van der Waals surface area contributed by atoms with E-state index in [0.29, 0.717) is 0 Å². The van der Waals surface area contributed by atoms with E-state index in [-0.39, 0.29) is 6.04 Å². The molecule has 1 N–H and O–H groups in total. The molecule has 2 nitrogen and oxygen atoms in total. The number of benzene rings is 2. The quantitative estimate of drug-likeness (QED) is 0.886. The maximum absolute atomic E-state index is 5.19. The van der Waals surface area contributed by atoms with Crippen molar-refractivity contribution in [3.8, 4) is 5.75 Å². The summed E-state index contributed by atoms with van der Waals surface area (Å²) in [4.78, 5) is 0. The maximum atomic E-state index is 5.19. The number of hydrogen-bond donors (Lipinski definition) is 1. The fraction of sp³-hybridized carbons (Fsp3) is 0.250. The van der Waals surface area contributed by atoms with E-state index in [9.17, 15) is 0 Å². The molecule has 2 rings (SSSR count). The number of aryl methyl sites for hydroxylation is 1. The zero-order valence-electron chi connectivity index (χ0n) is 11.1. The summed E-state index contributed by atoms with van der Waals surface area (Å²) < 4.78 is 5.19. The molecule has 0 bridgehead atoms. The Morgan fingerprint density at radius 2 is 1.67 bits per heavy atom. The van der Waals surface area contributed by atoms with Crippen LogP contribution in [-0.4, -0.2) is 14.2 Å². The van der Waals surface area contributed by atoms with E-state index in [0.717, 1.165) is 5.75 Å². The third-order valence-electron chi connectivity index (χ3n) is 3.24. The lowest BCUT2D eigenvalue weighted by molar-refractivity contribution is 0.414. The summed E-state index contributed by atoms with van der Waals surface area (Å²) in [6.07, 6.45) is 0. The van der Waals surface area contributed by atoms with Crippen molar-refractivity contribution in [1.82, 2.24) is 5.32 Å². The molecule has 94 valence electrons. The monoisotopic (exact) mass is 241 g/mol. The Kier molecular flexibility index (Phi) is 4.00. The molecule has 1 atom stereocenters. The molecule has 0 fully saturated rings. The summed E-state index contributed by atoms with van der Waals surface area (Å²) in [6, 6.07) is 16.9. The van der Waals surface area contributed by atoms with Crippen LogP contribution in [0.1, 0.15) is 22.7 Å². The maximum Gasteiger partial charge on any atom is 0.118 e. The Balaban J connectivity index is 2.36. The van der Waals surface area contributed by atoms with Crippen LogP contribution in [0.15, 0.2) is 48.5 Å². The van der Waals surface area contributed by atoms with Gasteiger partial charge in [0.15, 0.2) is 0 Å². The van der Waals surface area contributed by atoms with Crippen LogP contribution in [0.2, 0.25) is 0 Å². The van der Waals surface area contributed by atoms with Gasteiger partial charge in [-0.2, -0.15) is 0 Å². The Bertz CT molecular complexity index is 505. The second kappa shape index (κ2) is 5.69. The van der Waals surface area contributed by atoms with E-state index >= 15 is 0 Å². The van der Waals surface area contributed by atoms with E-state index in [1.807, 2.05) is 19.2 Å². The molecule has 2 heteroatoms. The highest BCUT2D eigenvalue weighted by atomic mass is 16.5. The summed E-state index contributed by atoms with van der Waals surface area (Å²) in [6.45, 7) is 2.14. The van der Waals surface area contributed by atoms with Crippen LogP contribution in [0.3, 0.4) is 0 Å². The molecule has 0 heterocycles. The lowest BCUT2D eigenvalue weighted by Gasteiger charge is -2.19. The molecule has 2 aromatic rings. The third-order valence-corrected chi connectivity index (χ3v) is 3.24. The molecule has 1 unspecified atom stereocenters. The Morgan fingerprint density at radius 1 is 1.00 bits per heavy atom.